The molecule has 1 N–H and O–H groups in total. The Balaban J connectivity index is 1.52. The van der Waals surface area contributed by atoms with Crippen LogP contribution in [0, 0.1) is 5.82 Å². The third-order valence-electron chi connectivity index (χ3n) is 4.15. The number of hydrogen-bond donors (Lipinski definition) is 1. The number of pyridine rings is 1. The molecule has 1 unspecified atom stereocenters. The molecule has 20 heavy (non-hydrogen) atoms. The van der Waals surface area contributed by atoms with Crippen molar-refractivity contribution in [2.24, 2.45) is 0 Å². The zero-order chi connectivity index (χ0) is 13.9. The summed E-state index contributed by atoms with van der Waals surface area (Å²) in [5.74, 6) is 0.405. The van der Waals surface area contributed by atoms with E-state index in [0.717, 1.165) is 12.8 Å². The van der Waals surface area contributed by atoms with Crippen LogP contribution in [0.5, 0.6) is 0 Å². The molecule has 2 nitrogen and oxygen atoms in total. The molecule has 2 aromatic rings. The monoisotopic (exact) mass is 270 g/mol. The average Bonchev–Trinajstić information content (AvgIpc) is 2.44. The first-order valence-electron chi connectivity index (χ1n) is 7.14. The lowest BCUT2D eigenvalue weighted by molar-refractivity contribution is 0.270. The van der Waals surface area contributed by atoms with Gasteiger partial charge in [0.1, 0.15) is 5.82 Å². The van der Waals surface area contributed by atoms with Crippen molar-refractivity contribution in [2.75, 3.05) is 0 Å². The summed E-state index contributed by atoms with van der Waals surface area (Å²) in [4.78, 5) is 4.15. The molecule has 1 aromatic heterocycles. The summed E-state index contributed by atoms with van der Waals surface area (Å²) in [6.07, 6.45) is 5.95. The minimum atomic E-state index is -0.159. The van der Waals surface area contributed by atoms with Crippen LogP contribution >= 0.6 is 0 Å². The van der Waals surface area contributed by atoms with E-state index >= 15 is 0 Å². The van der Waals surface area contributed by atoms with Crippen molar-refractivity contribution >= 4 is 0 Å². The molecule has 0 radical (unpaired) electrons. The van der Waals surface area contributed by atoms with Crippen molar-refractivity contribution < 1.29 is 4.39 Å². The summed E-state index contributed by atoms with van der Waals surface area (Å²) in [7, 11) is 0. The van der Waals surface area contributed by atoms with Gasteiger partial charge in [0.25, 0.3) is 0 Å². The van der Waals surface area contributed by atoms with E-state index in [4.69, 9.17) is 0 Å². The molecule has 1 aromatic carbocycles. The van der Waals surface area contributed by atoms with Gasteiger partial charge in [-0.25, -0.2) is 4.39 Å². The molecule has 0 bridgehead atoms. The van der Waals surface area contributed by atoms with Crippen LogP contribution < -0.4 is 5.32 Å². The summed E-state index contributed by atoms with van der Waals surface area (Å²) in [5, 5.41) is 3.63. The molecule has 3 heteroatoms. The highest BCUT2D eigenvalue weighted by Gasteiger charge is 2.31. The lowest BCUT2D eigenvalue weighted by Gasteiger charge is -2.38. The van der Waals surface area contributed by atoms with Crippen LogP contribution in [0.15, 0.2) is 48.8 Å². The van der Waals surface area contributed by atoms with E-state index in [1.165, 1.54) is 11.1 Å². The number of hydrogen-bond acceptors (Lipinski definition) is 2. The number of nitrogens with one attached hydrogen (secondary N) is 1. The zero-order valence-corrected chi connectivity index (χ0v) is 11.6. The highest BCUT2D eigenvalue weighted by molar-refractivity contribution is 5.24. The second-order valence-corrected chi connectivity index (χ2v) is 5.59. The molecule has 1 saturated carbocycles. The minimum Gasteiger partial charge on any atom is -0.307 e. The Hall–Kier alpha value is -1.74. The van der Waals surface area contributed by atoms with Crippen LogP contribution in [0.3, 0.4) is 0 Å². The topological polar surface area (TPSA) is 24.9 Å². The second kappa shape index (κ2) is 5.71. The predicted octanol–water partition coefficient (Wildman–Crippen LogP) is 3.82. The Labute approximate surface area is 119 Å². The van der Waals surface area contributed by atoms with Crippen LogP contribution in [-0.4, -0.2) is 11.0 Å². The number of nitrogens with zero attached hydrogens (tertiary/aromatic N) is 1. The molecule has 0 saturated heterocycles. The molecular formula is C17H19FN2. The minimum absolute atomic E-state index is 0.159. The third-order valence-corrected chi connectivity index (χ3v) is 4.15. The van der Waals surface area contributed by atoms with Crippen molar-refractivity contribution in [3.63, 3.8) is 0 Å². The van der Waals surface area contributed by atoms with Crippen molar-refractivity contribution in [1.29, 1.82) is 0 Å². The van der Waals surface area contributed by atoms with Crippen molar-refractivity contribution in [2.45, 2.75) is 37.8 Å². The highest BCUT2D eigenvalue weighted by atomic mass is 19.1. The van der Waals surface area contributed by atoms with Gasteiger partial charge in [0, 0.05) is 24.5 Å². The van der Waals surface area contributed by atoms with Gasteiger partial charge < -0.3 is 5.32 Å². The summed E-state index contributed by atoms with van der Waals surface area (Å²) in [5.41, 5.74) is 2.47. The van der Waals surface area contributed by atoms with Crippen LogP contribution in [0.25, 0.3) is 0 Å². The van der Waals surface area contributed by atoms with Gasteiger partial charge in [0.15, 0.2) is 0 Å². The fourth-order valence-electron chi connectivity index (χ4n) is 2.84. The summed E-state index contributed by atoms with van der Waals surface area (Å²) >= 11 is 0. The van der Waals surface area contributed by atoms with Gasteiger partial charge >= 0.3 is 0 Å². The van der Waals surface area contributed by atoms with E-state index in [1.54, 1.807) is 18.3 Å². The van der Waals surface area contributed by atoms with E-state index < -0.39 is 0 Å². The number of aromatic nitrogens is 1. The number of rotatable bonds is 4. The lowest BCUT2D eigenvalue weighted by Crippen LogP contribution is -2.41. The molecule has 3 rings (SSSR count). The molecule has 1 heterocycles. The van der Waals surface area contributed by atoms with E-state index in [-0.39, 0.29) is 5.82 Å². The maximum atomic E-state index is 12.9. The van der Waals surface area contributed by atoms with Crippen LogP contribution in [0.4, 0.5) is 4.39 Å². The van der Waals surface area contributed by atoms with E-state index in [2.05, 4.69) is 23.3 Å². The lowest BCUT2D eigenvalue weighted by atomic mass is 9.75. The quantitative estimate of drug-likeness (QED) is 0.913. The van der Waals surface area contributed by atoms with Crippen LogP contribution in [0.2, 0.25) is 0 Å². The van der Waals surface area contributed by atoms with Crippen LogP contribution in [-0.2, 0) is 0 Å². The molecule has 0 amide bonds. The van der Waals surface area contributed by atoms with Gasteiger partial charge in [-0.3, -0.25) is 4.98 Å². The van der Waals surface area contributed by atoms with E-state index in [9.17, 15) is 4.39 Å². The Morgan fingerprint density at radius 1 is 1.20 bits per heavy atom. The number of benzene rings is 1. The maximum absolute atomic E-state index is 12.9. The van der Waals surface area contributed by atoms with Crippen LogP contribution in [0.1, 0.15) is 42.9 Å². The average molecular weight is 270 g/mol. The SMILES string of the molecule is CC(NC1CC(c2ccc(F)cc2)C1)c1cccnc1. The normalized spacial score (nSPS) is 23.1. The largest absolute Gasteiger partial charge is 0.307 e. The molecule has 0 spiro atoms. The van der Waals surface area contributed by atoms with Gasteiger partial charge in [-0.1, -0.05) is 18.2 Å². The summed E-state index contributed by atoms with van der Waals surface area (Å²) < 4.78 is 12.9. The van der Waals surface area contributed by atoms with Crippen molar-refractivity contribution in [1.82, 2.24) is 10.3 Å². The van der Waals surface area contributed by atoms with Crippen molar-refractivity contribution in [3.8, 4) is 0 Å². The van der Waals surface area contributed by atoms with E-state index in [1.807, 2.05) is 24.4 Å². The highest BCUT2D eigenvalue weighted by Crippen LogP contribution is 2.37. The molecule has 1 aliphatic carbocycles. The second-order valence-electron chi connectivity index (χ2n) is 5.59. The predicted molar refractivity (Wildman–Crippen MR) is 78.0 cm³/mol. The first-order valence-corrected chi connectivity index (χ1v) is 7.14. The molecular weight excluding hydrogens is 251 g/mol. The van der Waals surface area contributed by atoms with Gasteiger partial charge in [-0.15, -0.1) is 0 Å². The molecule has 1 atom stereocenters. The van der Waals surface area contributed by atoms with Gasteiger partial charge in [-0.2, -0.15) is 0 Å². The third kappa shape index (κ3) is 2.88. The molecule has 0 aliphatic heterocycles. The fourth-order valence-corrected chi connectivity index (χ4v) is 2.84. The van der Waals surface area contributed by atoms with Gasteiger partial charge in [0.2, 0.25) is 0 Å². The van der Waals surface area contributed by atoms with E-state index in [0.29, 0.717) is 18.0 Å². The molecule has 1 aliphatic rings. The maximum Gasteiger partial charge on any atom is 0.123 e. The standard InChI is InChI=1S/C17H19FN2/c1-12(14-3-2-8-19-11-14)20-17-9-15(10-17)13-4-6-16(18)7-5-13/h2-8,11-12,15,17,20H,9-10H2,1H3. The smallest absolute Gasteiger partial charge is 0.123 e. The number of halogens is 1. The zero-order valence-electron chi connectivity index (χ0n) is 11.6. The fraction of sp³-hybridized carbons (Fsp3) is 0.353. The summed E-state index contributed by atoms with van der Waals surface area (Å²) in [6, 6.07) is 11.8. The van der Waals surface area contributed by atoms with Gasteiger partial charge in [-0.05, 0) is 55.0 Å². The first-order chi connectivity index (χ1) is 9.72. The Morgan fingerprint density at radius 3 is 2.60 bits per heavy atom. The Bertz CT molecular complexity index is 547. The molecule has 1 fully saturated rings. The Kier molecular flexibility index (Phi) is 3.79. The Morgan fingerprint density at radius 2 is 1.95 bits per heavy atom. The summed E-state index contributed by atoms with van der Waals surface area (Å²) in [6.45, 7) is 2.17. The van der Waals surface area contributed by atoms with Gasteiger partial charge in [0.05, 0.1) is 0 Å². The van der Waals surface area contributed by atoms with Crippen molar-refractivity contribution in [3.05, 3.63) is 65.7 Å². The first kappa shape index (κ1) is 13.3. The molecule has 104 valence electrons.